The molecule has 1 atom stereocenters. The van der Waals surface area contributed by atoms with Crippen molar-refractivity contribution in [2.45, 2.75) is 32.1 Å². The number of imidazole rings is 2. The minimum atomic E-state index is -1.17. The molecular weight excluding hydrogens is 582 g/mol. The lowest BCUT2D eigenvalue weighted by Crippen LogP contribution is -2.32. The van der Waals surface area contributed by atoms with Crippen LogP contribution in [-0.4, -0.2) is 52.9 Å². The fourth-order valence-corrected chi connectivity index (χ4v) is 5.20. The maximum Gasteiger partial charge on any atom is 0.354 e. The molecule has 1 saturated heterocycles. The summed E-state index contributed by atoms with van der Waals surface area (Å²) in [5.41, 5.74) is 2.87. The van der Waals surface area contributed by atoms with Gasteiger partial charge in [-0.05, 0) is 60.0 Å². The number of carbonyl (C=O) groups is 1. The fraction of sp³-hybridized carbons (Fsp3) is 0.182. The third-order valence-electron chi connectivity index (χ3n) is 7.68. The fourth-order valence-electron chi connectivity index (χ4n) is 5.20. The summed E-state index contributed by atoms with van der Waals surface area (Å²) in [6.45, 7) is 1.24. The van der Waals surface area contributed by atoms with E-state index in [4.69, 9.17) is 9.47 Å². The van der Waals surface area contributed by atoms with Crippen LogP contribution in [0.2, 0.25) is 0 Å². The Labute approximate surface area is 255 Å². The molecule has 5 heterocycles. The van der Waals surface area contributed by atoms with Gasteiger partial charge in [0.2, 0.25) is 5.88 Å². The number of aromatic carboxylic acids is 1. The van der Waals surface area contributed by atoms with Crippen molar-refractivity contribution in [1.29, 1.82) is 0 Å². The Morgan fingerprint density at radius 2 is 1.87 bits per heavy atom. The van der Waals surface area contributed by atoms with E-state index in [1.54, 1.807) is 41.4 Å². The largest absolute Gasteiger partial charge is 0.477 e. The first-order chi connectivity index (χ1) is 21.9. The van der Waals surface area contributed by atoms with Gasteiger partial charge in [0.15, 0.2) is 11.3 Å². The van der Waals surface area contributed by atoms with Gasteiger partial charge in [-0.1, -0.05) is 18.2 Å². The number of rotatable bonds is 10. The van der Waals surface area contributed by atoms with E-state index in [1.807, 2.05) is 35.0 Å². The lowest BCUT2D eigenvalue weighted by molar-refractivity contribution is -0.0590. The van der Waals surface area contributed by atoms with Crippen LogP contribution in [-0.2, 0) is 24.3 Å². The number of halogens is 2. The molecule has 1 aliphatic rings. The van der Waals surface area contributed by atoms with E-state index in [0.29, 0.717) is 30.1 Å². The van der Waals surface area contributed by atoms with Gasteiger partial charge in [0.1, 0.15) is 29.6 Å². The molecule has 6 aromatic rings. The summed E-state index contributed by atoms with van der Waals surface area (Å²) in [4.78, 5) is 28.8. The lowest BCUT2D eigenvalue weighted by atomic mass is 10.0. The summed E-state index contributed by atoms with van der Waals surface area (Å²) in [5.74, 6) is -1.75. The van der Waals surface area contributed by atoms with Crippen LogP contribution in [0.3, 0.4) is 0 Å². The Balaban J connectivity index is 1.11. The molecule has 0 radical (unpaired) electrons. The molecular formula is C33H26F2N6O4. The number of pyridine rings is 2. The molecule has 1 fully saturated rings. The van der Waals surface area contributed by atoms with E-state index in [2.05, 4.69) is 19.9 Å². The van der Waals surface area contributed by atoms with Gasteiger partial charge in [-0.25, -0.2) is 33.5 Å². The molecule has 0 spiro atoms. The summed E-state index contributed by atoms with van der Waals surface area (Å²) in [6, 6.07) is 17.9. The number of nitrogens with zero attached hydrogens (tertiary/aromatic N) is 6. The van der Waals surface area contributed by atoms with E-state index < -0.39 is 17.6 Å². The first kappa shape index (κ1) is 28.3. The highest BCUT2D eigenvalue weighted by Crippen LogP contribution is 2.28. The van der Waals surface area contributed by atoms with Gasteiger partial charge in [-0.3, -0.25) is 0 Å². The highest BCUT2D eigenvalue weighted by Gasteiger charge is 2.24. The topological polar surface area (TPSA) is 117 Å². The highest BCUT2D eigenvalue weighted by molar-refractivity contribution is 5.88. The van der Waals surface area contributed by atoms with Gasteiger partial charge in [-0.15, -0.1) is 0 Å². The molecule has 12 heteroatoms. The van der Waals surface area contributed by atoms with Crippen molar-refractivity contribution < 1.29 is 28.2 Å². The van der Waals surface area contributed by atoms with Crippen molar-refractivity contribution in [3.63, 3.8) is 0 Å². The zero-order valence-corrected chi connectivity index (χ0v) is 23.8. The van der Waals surface area contributed by atoms with Crippen LogP contribution in [0.4, 0.5) is 8.78 Å². The Morgan fingerprint density at radius 1 is 1.02 bits per heavy atom. The number of aromatic nitrogens is 6. The van der Waals surface area contributed by atoms with Crippen molar-refractivity contribution in [1.82, 2.24) is 29.1 Å². The second-order valence-electron chi connectivity index (χ2n) is 10.7. The van der Waals surface area contributed by atoms with Crippen molar-refractivity contribution in [2.75, 3.05) is 6.61 Å². The number of carboxylic acids is 1. The van der Waals surface area contributed by atoms with Crippen LogP contribution < -0.4 is 4.74 Å². The minimum Gasteiger partial charge on any atom is -0.477 e. The maximum absolute atomic E-state index is 15.5. The van der Waals surface area contributed by atoms with Gasteiger partial charge in [-0.2, -0.15) is 0 Å². The number of benzene rings is 2. The van der Waals surface area contributed by atoms with Gasteiger partial charge in [0.25, 0.3) is 0 Å². The van der Waals surface area contributed by atoms with E-state index in [0.717, 1.165) is 29.8 Å². The van der Waals surface area contributed by atoms with Gasteiger partial charge in [0, 0.05) is 42.7 Å². The van der Waals surface area contributed by atoms with Crippen LogP contribution in [0.15, 0.2) is 85.5 Å². The standard InChI is InChI=1S/C33H26F2N6O4/c34-25-16-24(27-2-1-3-31(38-27)45-18-20-4-6-22(7-5-20)40-12-11-36-19-40)26(35)14-21(25)15-30-37-28-8-9-29(33(42)43)39-32(28)41(30)17-23-10-13-44-23/h1-9,11-12,14,16,19,23H,10,13,15,17-18H2,(H,42,43). The Kier molecular flexibility index (Phi) is 7.47. The van der Waals surface area contributed by atoms with E-state index >= 15 is 8.78 Å². The highest BCUT2D eigenvalue weighted by atomic mass is 19.1. The summed E-state index contributed by atoms with van der Waals surface area (Å²) in [7, 11) is 0. The molecule has 7 rings (SSSR count). The number of hydrogen-bond acceptors (Lipinski definition) is 7. The SMILES string of the molecule is O=C(O)c1ccc2nc(Cc3cc(F)c(-c4cccc(OCc5ccc(-n6ccnc6)cc5)n4)cc3F)n(CC3CCO3)c2n1. The molecule has 0 aliphatic carbocycles. The molecule has 226 valence electrons. The molecule has 1 N–H and O–H groups in total. The van der Waals surface area contributed by atoms with Crippen LogP contribution in [0, 0.1) is 11.6 Å². The van der Waals surface area contributed by atoms with Gasteiger partial charge in [0.05, 0.1) is 24.7 Å². The smallest absolute Gasteiger partial charge is 0.354 e. The molecule has 0 saturated carbocycles. The molecule has 1 unspecified atom stereocenters. The van der Waals surface area contributed by atoms with E-state index in [1.165, 1.54) is 6.07 Å². The average molecular weight is 609 g/mol. The first-order valence-electron chi connectivity index (χ1n) is 14.3. The Hall–Kier alpha value is -5.49. The maximum atomic E-state index is 15.5. The van der Waals surface area contributed by atoms with Crippen molar-refractivity contribution in [3.05, 3.63) is 120 Å². The van der Waals surface area contributed by atoms with Crippen molar-refractivity contribution >= 4 is 17.1 Å². The third-order valence-corrected chi connectivity index (χ3v) is 7.68. The Morgan fingerprint density at radius 3 is 2.60 bits per heavy atom. The summed E-state index contributed by atoms with van der Waals surface area (Å²) in [6.07, 6.45) is 5.97. The summed E-state index contributed by atoms with van der Waals surface area (Å²) >= 11 is 0. The monoisotopic (exact) mass is 608 g/mol. The van der Waals surface area contributed by atoms with Gasteiger partial charge >= 0.3 is 5.97 Å². The summed E-state index contributed by atoms with van der Waals surface area (Å²) < 4.78 is 46.1. The van der Waals surface area contributed by atoms with Crippen molar-refractivity contribution in [2.24, 2.45) is 0 Å². The predicted octanol–water partition coefficient (Wildman–Crippen LogP) is 5.61. The minimum absolute atomic E-state index is 0.00415. The second kappa shape index (κ2) is 11.9. The second-order valence-corrected chi connectivity index (χ2v) is 10.7. The first-order valence-corrected chi connectivity index (χ1v) is 14.3. The average Bonchev–Trinajstić information content (AvgIpc) is 3.68. The lowest BCUT2D eigenvalue weighted by Gasteiger charge is -2.27. The number of hydrogen-bond donors (Lipinski definition) is 1. The van der Waals surface area contributed by atoms with Crippen LogP contribution in [0.5, 0.6) is 5.88 Å². The van der Waals surface area contributed by atoms with Crippen molar-refractivity contribution in [3.8, 4) is 22.8 Å². The Bertz CT molecular complexity index is 2010. The molecule has 0 amide bonds. The zero-order chi connectivity index (χ0) is 30.9. The zero-order valence-electron chi connectivity index (χ0n) is 23.8. The molecule has 45 heavy (non-hydrogen) atoms. The normalized spacial score (nSPS) is 14.4. The van der Waals surface area contributed by atoms with Crippen LogP contribution in [0.1, 0.15) is 33.9 Å². The van der Waals surface area contributed by atoms with Gasteiger partial charge < -0.3 is 23.7 Å². The van der Waals surface area contributed by atoms with Crippen LogP contribution in [0.25, 0.3) is 28.1 Å². The molecule has 1 aliphatic heterocycles. The molecule has 0 bridgehead atoms. The van der Waals surface area contributed by atoms with E-state index in [-0.39, 0.29) is 47.5 Å². The predicted molar refractivity (Wildman–Crippen MR) is 159 cm³/mol. The molecule has 10 nitrogen and oxygen atoms in total. The molecule has 2 aromatic carbocycles. The van der Waals surface area contributed by atoms with E-state index in [9.17, 15) is 9.90 Å². The number of ether oxygens (including phenoxy) is 2. The quantitative estimate of drug-likeness (QED) is 0.213. The number of carboxylic acid groups (broad SMARTS) is 1. The third kappa shape index (κ3) is 5.87. The van der Waals surface area contributed by atoms with Crippen LogP contribution >= 0.6 is 0 Å². The number of fused-ring (bicyclic) bond motifs is 1. The molecule has 4 aromatic heterocycles. The summed E-state index contributed by atoms with van der Waals surface area (Å²) in [5, 5.41) is 9.42.